The molecule has 1 aromatic carbocycles. The minimum absolute atomic E-state index is 0.0258. The molecule has 2 atom stereocenters. The second kappa shape index (κ2) is 10.0. The van der Waals surface area contributed by atoms with Crippen molar-refractivity contribution in [2.75, 3.05) is 24.5 Å². The van der Waals surface area contributed by atoms with E-state index in [2.05, 4.69) is 51.5 Å². The molecular weight excluding hydrogens is 382 g/mol. The Bertz CT molecular complexity index is 870. The molecule has 2 N–H and O–H groups in total. The molecule has 0 spiro atoms. The SMILES string of the molecule is CCN(CC)c1ccc2c(c1)OC(=O)C(CCNC(=O)NCc1ccncn1)C2C. The number of ether oxygens (including phenoxy) is 1. The number of carbonyl (C=O) groups is 2. The van der Waals surface area contributed by atoms with Gasteiger partial charge in [0.25, 0.3) is 0 Å². The van der Waals surface area contributed by atoms with E-state index in [0.29, 0.717) is 25.3 Å². The molecule has 2 amide bonds. The first-order valence-corrected chi connectivity index (χ1v) is 10.4. The molecule has 160 valence electrons. The van der Waals surface area contributed by atoms with Gasteiger partial charge in [-0.3, -0.25) is 4.79 Å². The zero-order valence-corrected chi connectivity index (χ0v) is 17.7. The fraction of sp³-hybridized carbons (Fsp3) is 0.455. The Balaban J connectivity index is 1.54. The number of aromatic nitrogens is 2. The summed E-state index contributed by atoms with van der Waals surface area (Å²) in [5.41, 5.74) is 2.81. The quantitative estimate of drug-likeness (QED) is 0.512. The number of esters is 1. The Morgan fingerprint density at radius 3 is 2.70 bits per heavy atom. The summed E-state index contributed by atoms with van der Waals surface area (Å²) in [5, 5.41) is 5.54. The van der Waals surface area contributed by atoms with Crippen LogP contribution >= 0.6 is 0 Å². The van der Waals surface area contributed by atoms with E-state index in [4.69, 9.17) is 4.74 Å². The number of nitrogens with one attached hydrogen (secondary N) is 2. The second-order valence-electron chi connectivity index (χ2n) is 7.31. The lowest BCUT2D eigenvalue weighted by Crippen LogP contribution is -2.38. The van der Waals surface area contributed by atoms with Crippen LogP contribution in [0.25, 0.3) is 0 Å². The van der Waals surface area contributed by atoms with Gasteiger partial charge in [0, 0.05) is 37.6 Å². The van der Waals surface area contributed by atoms with Gasteiger partial charge in [-0.2, -0.15) is 0 Å². The van der Waals surface area contributed by atoms with Gasteiger partial charge in [0.15, 0.2) is 0 Å². The summed E-state index contributed by atoms with van der Waals surface area (Å²) in [4.78, 5) is 34.7. The van der Waals surface area contributed by atoms with E-state index in [-0.39, 0.29) is 23.8 Å². The van der Waals surface area contributed by atoms with Gasteiger partial charge in [-0.1, -0.05) is 13.0 Å². The predicted octanol–water partition coefficient (Wildman–Crippen LogP) is 2.85. The number of hydrogen-bond donors (Lipinski definition) is 2. The highest BCUT2D eigenvalue weighted by atomic mass is 16.5. The van der Waals surface area contributed by atoms with E-state index in [1.807, 2.05) is 13.0 Å². The molecule has 0 fully saturated rings. The van der Waals surface area contributed by atoms with Crippen molar-refractivity contribution in [3.05, 3.63) is 48.0 Å². The van der Waals surface area contributed by atoms with E-state index in [1.54, 1.807) is 12.3 Å². The number of benzene rings is 1. The molecule has 0 bridgehead atoms. The molecule has 0 saturated heterocycles. The molecular formula is C22H29N5O3. The van der Waals surface area contributed by atoms with Gasteiger partial charge in [-0.15, -0.1) is 0 Å². The molecule has 2 unspecified atom stereocenters. The summed E-state index contributed by atoms with van der Waals surface area (Å²) in [6.07, 6.45) is 3.58. The minimum atomic E-state index is -0.297. The first-order chi connectivity index (χ1) is 14.5. The number of urea groups is 1. The van der Waals surface area contributed by atoms with Crippen LogP contribution in [0.4, 0.5) is 10.5 Å². The lowest BCUT2D eigenvalue weighted by atomic mass is 9.83. The van der Waals surface area contributed by atoms with Gasteiger partial charge < -0.3 is 20.3 Å². The molecule has 0 radical (unpaired) electrons. The lowest BCUT2D eigenvalue weighted by molar-refractivity contribution is -0.141. The Labute approximate surface area is 177 Å². The number of nitrogens with zero attached hydrogens (tertiary/aromatic N) is 3. The normalized spacial score (nSPS) is 17.6. The highest BCUT2D eigenvalue weighted by Crippen LogP contribution is 2.40. The number of anilines is 1. The maximum atomic E-state index is 12.6. The third-order valence-electron chi connectivity index (χ3n) is 5.55. The van der Waals surface area contributed by atoms with Gasteiger partial charge in [0.2, 0.25) is 0 Å². The summed E-state index contributed by atoms with van der Waals surface area (Å²) < 4.78 is 5.65. The highest BCUT2D eigenvalue weighted by molar-refractivity contribution is 5.80. The molecule has 0 saturated carbocycles. The number of carbonyl (C=O) groups excluding carboxylic acids is 2. The Morgan fingerprint density at radius 2 is 2.00 bits per heavy atom. The molecule has 1 aliphatic rings. The van der Waals surface area contributed by atoms with Crippen molar-refractivity contribution >= 4 is 17.7 Å². The molecule has 2 heterocycles. The monoisotopic (exact) mass is 411 g/mol. The standard InChI is InChI=1S/C22H29N5O3/c1-4-27(5-2)17-6-7-18-15(3)19(21(28)30-20(18)12-17)9-11-24-22(29)25-13-16-8-10-23-14-26-16/h6-8,10,12,14-15,19H,4-5,9,11,13H2,1-3H3,(H2,24,25,29). The third kappa shape index (κ3) is 5.06. The second-order valence-corrected chi connectivity index (χ2v) is 7.31. The van der Waals surface area contributed by atoms with E-state index < -0.39 is 0 Å². The summed E-state index contributed by atoms with van der Waals surface area (Å²) in [7, 11) is 0. The fourth-order valence-electron chi connectivity index (χ4n) is 3.74. The van der Waals surface area contributed by atoms with Crippen molar-refractivity contribution in [1.82, 2.24) is 20.6 Å². The first-order valence-electron chi connectivity index (χ1n) is 10.4. The molecule has 2 aromatic rings. The molecule has 1 aliphatic heterocycles. The van der Waals surface area contributed by atoms with Crippen LogP contribution in [0.15, 0.2) is 36.8 Å². The zero-order valence-electron chi connectivity index (χ0n) is 17.7. The van der Waals surface area contributed by atoms with Crippen LogP contribution in [0.3, 0.4) is 0 Å². The lowest BCUT2D eigenvalue weighted by Gasteiger charge is -2.31. The van der Waals surface area contributed by atoms with Crippen LogP contribution in [-0.4, -0.2) is 41.6 Å². The zero-order chi connectivity index (χ0) is 21.5. The van der Waals surface area contributed by atoms with Crippen molar-refractivity contribution in [3.63, 3.8) is 0 Å². The van der Waals surface area contributed by atoms with Crippen molar-refractivity contribution in [3.8, 4) is 5.75 Å². The topological polar surface area (TPSA) is 96.5 Å². The Kier molecular flexibility index (Phi) is 7.21. The van der Waals surface area contributed by atoms with Crippen LogP contribution in [0, 0.1) is 5.92 Å². The van der Waals surface area contributed by atoms with Crippen LogP contribution in [0.2, 0.25) is 0 Å². The number of fused-ring (bicyclic) bond motifs is 1. The van der Waals surface area contributed by atoms with E-state index in [9.17, 15) is 9.59 Å². The summed E-state index contributed by atoms with van der Waals surface area (Å²) in [5.74, 6) is 0.135. The average molecular weight is 412 g/mol. The highest BCUT2D eigenvalue weighted by Gasteiger charge is 2.35. The molecule has 8 heteroatoms. The molecule has 1 aromatic heterocycles. The fourth-order valence-corrected chi connectivity index (χ4v) is 3.74. The maximum Gasteiger partial charge on any atom is 0.315 e. The van der Waals surface area contributed by atoms with Crippen molar-refractivity contribution < 1.29 is 14.3 Å². The number of rotatable bonds is 8. The number of hydrogen-bond acceptors (Lipinski definition) is 6. The van der Waals surface area contributed by atoms with E-state index in [0.717, 1.165) is 30.0 Å². The maximum absolute atomic E-state index is 12.6. The van der Waals surface area contributed by atoms with Gasteiger partial charge in [-0.25, -0.2) is 14.8 Å². The molecule has 3 rings (SSSR count). The number of amides is 2. The summed E-state index contributed by atoms with van der Waals surface area (Å²) in [6.45, 7) is 8.73. The van der Waals surface area contributed by atoms with Crippen LogP contribution in [0.5, 0.6) is 5.75 Å². The van der Waals surface area contributed by atoms with Crippen LogP contribution in [0.1, 0.15) is 44.4 Å². The van der Waals surface area contributed by atoms with Crippen molar-refractivity contribution in [2.24, 2.45) is 5.92 Å². The minimum Gasteiger partial charge on any atom is -0.426 e. The first kappa shape index (κ1) is 21.5. The van der Waals surface area contributed by atoms with Gasteiger partial charge in [0.1, 0.15) is 12.1 Å². The summed E-state index contributed by atoms with van der Waals surface area (Å²) >= 11 is 0. The van der Waals surface area contributed by atoms with Gasteiger partial charge in [-0.05, 0) is 43.9 Å². The van der Waals surface area contributed by atoms with Crippen molar-refractivity contribution in [1.29, 1.82) is 0 Å². The largest absolute Gasteiger partial charge is 0.426 e. The Hall–Kier alpha value is -3.16. The smallest absolute Gasteiger partial charge is 0.315 e. The van der Waals surface area contributed by atoms with Gasteiger partial charge in [0.05, 0.1) is 18.2 Å². The third-order valence-corrected chi connectivity index (χ3v) is 5.55. The summed E-state index contributed by atoms with van der Waals surface area (Å²) in [6, 6.07) is 7.52. The van der Waals surface area contributed by atoms with Crippen LogP contribution < -0.4 is 20.3 Å². The van der Waals surface area contributed by atoms with Crippen LogP contribution in [-0.2, 0) is 11.3 Å². The Morgan fingerprint density at radius 1 is 1.20 bits per heavy atom. The van der Waals surface area contributed by atoms with Gasteiger partial charge >= 0.3 is 12.0 Å². The van der Waals surface area contributed by atoms with E-state index >= 15 is 0 Å². The predicted molar refractivity (Wildman–Crippen MR) is 114 cm³/mol. The van der Waals surface area contributed by atoms with Crippen molar-refractivity contribution in [2.45, 2.75) is 39.7 Å². The molecule has 0 aliphatic carbocycles. The molecule has 30 heavy (non-hydrogen) atoms. The molecule has 8 nitrogen and oxygen atoms in total. The van der Waals surface area contributed by atoms with E-state index in [1.165, 1.54) is 6.33 Å². The average Bonchev–Trinajstić information content (AvgIpc) is 2.76.